The number of aliphatic hydroxyl groups excluding tert-OH is 1. The van der Waals surface area contributed by atoms with E-state index in [1.807, 2.05) is 24.3 Å². The Labute approximate surface area is 419 Å². The third kappa shape index (κ3) is 14.4. The van der Waals surface area contributed by atoms with Crippen LogP contribution in [0.25, 0.3) is 0 Å². The van der Waals surface area contributed by atoms with E-state index in [0.717, 1.165) is 45.8 Å². The van der Waals surface area contributed by atoms with Crippen molar-refractivity contribution in [3.63, 3.8) is 0 Å². The average molecular weight is 873 g/mol. The maximum Gasteiger partial charge on any atom is 0.231 e. The molecule has 0 amide bonds. The van der Waals surface area contributed by atoms with Gasteiger partial charge in [-0.3, -0.25) is 0 Å². The van der Waals surface area contributed by atoms with E-state index in [9.17, 15) is 5.11 Å². The van der Waals surface area contributed by atoms with Crippen LogP contribution in [0.1, 0.15) is 29.2 Å². The van der Waals surface area contributed by atoms with Crippen molar-refractivity contribution in [1.29, 1.82) is 0 Å². The van der Waals surface area contributed by atoms with Crippen LogP contribution in [0.2, 0.25) is 0 Å². The normalized spacial score (nSPS) is 14.3. The number of methoxy groups -OCH3 is 2. The molecule has 2 heterocycles. The van der Waals surface area contributed by atoms with E-state index >= 15 is 0 Å². The fraction of sp³-hybridized carbons (Fsp3) is 0.478. The predicted octanol–water partition coefficient (Wildman–Crippen LogP) is -12.1. The molecule has 39 heteroatoms. The van der Waals surface area contributed by atoms with Crippen molar-refractivity contribution in [3.8, 4) is 23.0 Å². The minimum Gasteiger partial charge on any atom is -1.00 e. The number of rotatable bonds is 20. The third-order valence-corrected chi connectivity index (χ3v) is 12.4. The molecule has 0 aliphatic carbocycles. The maximum absolute atomic E-state index is 11.0. The summed E-state index contributed by atoms with van der Waals surface area (Å²) in [6.07, 6.45) is -13.6. The molecule has 2 aliphatic rings. The van der Waals surface area contributed by atoms with Crippen molar-refractivity contribution in [3.05, 3.63) is 47.0 Å². The molecule has 1 N–H and O–H groups in total. The molecule has 0 fully saturated rings. The second-order valence-electron chi connectivity index (χ2n) is 17.1. The summed E-state index contributed by atoms with van der Waals surface area (Å²) >= 11 is 0. The molecule has 0 aromatic heterocycles. The Morgan fingerprint density at radius 2 is 1.13 bits per heavy atom. The molecule has 0 saturated carbocycles. The number of hydrogen-bond donors (Lipinski definition) is 1. The molecule has 2 aromatic rings. The summed E-state index contributed by atoms with van der Waals surface area (Å²) in [7, 11) is 111. The van der Waals surface area contributed by atoms with Crippen molar-refractivity contribution in [2.24, 2.45) is 0 Å². The number of hydrogen-bond acceptors (Lipinski definition) is 5. The summed E-state index contributed by atoms with van der Waals surface area (Å²) in [5.74, 6) is 2.99. The Morgan fingerprint density at radius 1 is 0.661 bits per heavy atom. The number of likely N-dealkylation sites (N-methyl/N-ethyl adjacent to an activating group) is 1. The molecule has 2 aromatic carbocycles. The fourth-order valence-electron chi connectivity index (χ4n) is 9.51. The topological polar surface area (TPSA) is 57.2 Å². The van der Waals surface area contributed by atoms with Crippen LogP contribution in [0.5, 0.6) is 23.0 Å². The lowest BCUT2D eigenvalue weighted by Gasteiger charge is -2.51. The first-order valence-corrected chi connectivity index (χ1v) is 20.4. The van der Waals surface area contributed by atoms with Gasteiger partial charge < -0.3 is 52.5 Å². The zero-order chi connectivity index (χ0) is 46.3. The van der Waals surface area contributed by atoms with E-state index in [-0.39, 0.29) is 36.8 Å². The van der Waals surface area contributed by atoms with Gasteiger partial charge in [-0.2, -0.15) is 0 Å². The smallest absolute Gasteiger partial charge is 0.231 e. The van der Waals surface area contributed by atoms with Gasteiger partial charge in [0, 0.05) is 247 Å². The van der Waals surface area contributed by atoms with Crippen LogP contribution < -0.4 is 42.9 Å². The SMILES string of the molecule is COc1ccccc1CC(O)CC1c2c(cc3c(c2OC)OCO3)CC[N+]1(C)C.[B]B([B])B([B])B(B([B])[B])B(B(B([B])[B])B([B])[B])B(B(B([B])[B])B([B])[B])B(B([B])[B])B([B])[B].[I-]. The zero-order valence-electron chi connectivity index (χ0n) is 36.5. The first-order chi connectivity index (χ1) is 28.4. The fourth-order valence-corrected chi connectivity index (χ4v) is 9.51. The van der Waals surface area contributed by atoms with Gasteiger partial charge in [0.1, 0.15) is 11.8 Å². The third-order valence-electron chi connectivity index (χ3n) is 12.4. The molecule has 0 bridgehead atoms. The minimum atomic E-state index is -1.11. The molecule has 6 nitrogen and oxygen atoms in total. The van der Waals surface area contributed by atoms with Crippen molar-refractivity contribution in [2.45, 2.75) is 31.4 Å². The lowest BCUT2D eigenvalue weighted by Crippen LogP contribution is -3.00. The van der Waals surface area contributed by atoms with Gasteiger partial charge in [-0.05, 0) is 23.3 Å². The van der Waals surface area contributed by atoms with Gasteiger partial charge in [-0.25, -0.2) is 0 Å². The van der Waals surface area contributed by atoms with Crippen molar-refractivity contribution < 1.29 is 52.5 Å². The molecular formula is C23H30B32INO5. The number of quaternary nitrogens is 1. The number of ether oxygens (including phenoxy) is 4. The summed E-state index contributed by atoms with van der Waals surface area (Å²) in [6.45, 7) is 1.20. The number of fused-ring (bicyclic) bond motifs is 2. The Bertz CT molecular complexity index is 1620. The lowest BCUT2D eigenvalue weighted by molar-refractivity contribution is -0.924. The predicted molar refractivity (Wildman–Crippen MR) is 294 cm³/mol. The summed E-state index contributed by atoms with van der Waals surface area (Å²) < 4.78 is 23.3. The lowest BCUT2D eigenvalue weighted by atomic mass is 8.30. The Morgan fingerprint density at radius 3 is 1.56 bits per heavy atom. The molecule has 2 atom stereocenters. The summed E-state index contributed by atoms with van der Waals surface area (Å²) in [5, 5.41) is 11.0. The van der Waals surface area contributed by atoms with E-state index in [2.05, 4.69) is 20.2 Å². The van der Waals surface area contributed by atoms with Crippen molar-refractivity contribution in [1.82, 2.24) is 0 Å². The molecule has 34 radical (unpaired) electrons. The van der Waals surface area contributed by atoms with Crippen LogP contribution in [-0.4, -0.2) is 285 Å². The highest BCUT2D eigenvalue weighted by Gasteiger charge is 2.53. The Hall–Kier alpha value is 0.368. The molecular weight excluding hydrogens is 843 g/mol. The first-order valence-electron chi connectivity index (χ1n) is 20.4. The van der Waals surface area contributed by atoms with E-state index in [4.69, 9.17) is 150 Å². The van der Waals surface area contributed by atoms with Crippen LogP contribution in [0, 0.1) is 0 Å². The number of halogens is 1. The molecule has 260 valence electrons. The highest BCUT2D eigenvalue weighted by atomic mass is 127. The van der Waals surface area contributed by atoms with Crippen LogP contribution in [0.3, 0.4) is 0 Å². The molecule has 62 heavy (non-hydrogen) atoms. The number of aliphatic hydroxyl groups is 1. The van der Waals surface area contributed by atoms with E-state index < -0.39 is 102 Å². The zero-order valence-corrected chi connectivity index (χ0v) is 38.6. The highest BCUT2D eigenvalue weighted by molar-refractivity contribution is 8.28. The van der Waals surface area contributed by atoms with Crippen molar-refractivity contribution in [2.75, 3.05) is 41.7 Å². The largest absolute Gasteiger partial charge is 1.00 e. The maximum atomic E-state index is 11.0. The minimum absolute atomic E-state index is 0. The molecule has 0 spiro atoms. The van der Waals surface area contributed by atoms with Gasteiger partial charge in [0.15, 0.2) is 11.5 Å². The number of para-hydroxylation sites is 1. The van der Waals surface area contributed by atoms with Gasteiger partial charge in [0.2, 0.25) is 12.5 Å². The highest BCUT2D eigenvalue weighted by Crippen LogP contribution is 2.51. The van der Waals surface area contributed by atoms with E-state index in [1.54, 1.807) is 14.2 Å². The Kier molecular flexibility index (Phi) is 24.7. The van der Waals surface area contributed by atoms with Crippen molar-refractivity contribution >= 4 is 227 Å². The summed E-state index contributed by atoms with van der Waals surface area (Å²) in [4.78, 5) is 0. The molecule has 0 saturated heterocycles. The van der Waals surface area contributed by atoms with Crippen LogP contribution in [-0.2, 0) is 12.8 Å². The molecule has 2 unspecified atom stereocenters. The second kappa shape index (κ2) is 26.2. The molecule has 2 aliphatic heterocycles. The number of nitrogens with zero attached hydrogens (tertiary/aromatic N) is 1. The van der Waals surface area contributed by atoms with Crippen LogP contribution >= 0.6 is 0 Å². The summed E-state index contributed by atoms with van der Waals surface area (Å²) in [5.41, 5.74) is 3.37. The van der Waals surface area contributed by atoms with Gasteiger partial charge in [0.05, 0.1) is 46.5 Å². The van der Waals surface area contributed by atoms with Gasteiger partial charge >= 0.3 is 0 Å². The van der Waals surface area contributed by atoms with Gasteiger partial charge in [-0.15, -0.1) is 0 Å². The average Bonchev–Trinajstić information content (AvgIpc) is 3.62. The number of benzene rings is 2. The standard InChI is InChI=1S/C23H30NO5.B32.HI/c1-24(2)10-9-16-12-20-22(29-14-28-20)23(27-4)21(16)18(24)13-17(25)11-15-7-5-6-8-19(15)26-3;1-18(2)26(17)30(25(15)16)32(29(23(11)12)24(13)14)31(27(19(3)4)20(5)6)28(21(7)8)22(9)10;/h5-8,12,17-18,25H,9-11,13-14H2,1-4H3;;1H/q+1;;/p-1. The van der Waals surface area contributed by atoms with E-state index in [1.165, 1.54) is 5.56 Å². The second-order valence-corrected chi connectivity index (χ2v) is 17.1. The first kappa shape index (κ1) is 58.5. The van der Waals surface area contributed by atoms with Crippen LogP contribution in [0.15, 0.2) is 30.3 Å². The quantitative estimate of drug-likeness (QED) is 0.0816. The molecule has 4 rings (SSSR count). The van der Waals surface area contributed by atoms with E-state index in [0.29, 0.717) is 18.6 Å². The Balaban J connectivity index is 0.000000421. The summed E-state index contributed by atoms with van der Waals surface area (Å²) in [6, 6.07) is 10.0. The van der Waals surface area contributed by atoms with Crippen LogP contribution in [0.4, 0.5) is 0 Å². The van der Waals surface area contributed by atoms with Gasteiger partial charge in [-0.1, -0.05) is 18.2 Å². The monoisotopic (exact) mass is 879 g/mol. The van der Waals surface area contributed by atoms with Gasteiger partial charge in [0.25, 0.3) is 0 Å².